The molecule has 0 saturated carbocycles. The fourth-order valence-corrected chi connectivity index (χ4v) is 4.81. The number of hydrogen-bond acceptors (Lipinski definition) is 12. The summed E-state index contributed by atoms with van der Waals surface area (Å²) in [5, 5.41) is 56.5. The van der Waals surface area contributed by atoms with Crippen molar-refractivity contribution in [3.63, 3.8) is 0 Å². The Hall–Kier alpha value is -4.18. The number of amides is 2. The molecule has 3 rings (SSSR count). The zero-order valence-electron chi connectivity index (χ0n) is 25.4. The Balaban J connectivity index is 1.63. The molecular weight excluding hydrogens is 622 g/mol. The van der Waals surface area contributed by atoms with Crippen molar-refractivity contribution in [3.05, 3.63) is 58.5 Å². The normalized spacial score (nSPS) is 22.1. The molecule has 0 aliphatic carbocycles. The molecule has 0 spiro atoms. The number of carboxylic acid groups (broad SMARTS) is 1. The minimum absolute atomic E-state index is 0.0921. The summed E-state index contributed by atoms with van der Waals surface area (Å²) in [6.45, 7) is -1.53. The number of pyridine rings is 1. The lowest BCUT2D eigenvalue weighted by molar-refractivity contribution is -0.312. The van der Waals surface area contributed by atoms with Crippen LogP contribution in [0.4, 0.5) is 0 Å². The monoisotopic (exact) mass is 661 g/mol. The van der Waals surface area contributed by atoms with E-state index in [1.807, 2.05) is 0 Å². The maximum Gasteiger partial charge on any atom is 0.364 e. The van der Waals surface area contributed by atoms with Gasteiger partial charge in [-0.15, -0.1) is 6.42 Å². The first-order chi connectivity index (χ1) is 22.5. The van der Waals surface area contributed by atoms with Gasteiger partial charge in [0, 0.05) is 25.2 Å². The molecule has 2 heterocycles. The number of hydrogen-bond donors (Lipinski definition) is 8. The lowest BCUT2D eigenvalue weighted by atomic mass is 9.88. The molecule has 1 aliphatic rings. The molecule has 16 nitrogen and oxygen atoms in total. The molecule has 2 aromatic rings. The second-order valence-corrected chi connectivity index (χ2v) is 10.6. The highest BCUT2D eigenvalue weighted by Crippen LogP contribution is 2.33. The number of aromatic amines is 1. The van der Waals surface area contributed by atoms with Gasteiger partial charge in [-0.1, -0.05) is 30.2 Å². The third-order valence-electron chi connectivity index (χ3n) is 7.16. The maximum atomic E-state index is 12.6. The molecule has 0 bridgehead atoms. The molecule has 2 amide bonds. The number of aliphatic hydroxyl groups is 4. The second-order valence-electron chi connectivity index (χ2n) is 10.6. The standard InChI is InChI=1S/C31H39N3O13/c1-2-9-44-10-11-45-12-13-46-31(30(42)43)16-22(36)27(34-26(40)18-35)29(47-31)28(41)23(37)17-33-24(38)14-19-3-5-20(6-4-19)21-7-8-32-25(39)15-21/h1,3-8,15,22-23,27-29,35-37,41H,9-14,16-18H2,(H,32,39)(H,33,38)(H,34,40)(H,42,43)/t22-,23+,27+,28+,29+,31+/m0/s1. The van der Waals surface area contributed by atoms with Crippen molar-refractivity contribution < 1.29 is 58.9 Å². The summed E-state index contributed by atoms with van der Waals surface area (Å²) in [6, 6.07) is 8.54. The Morgan fingerprint density at radius 1 is 1.06 bits per heavy atom. The summed E-state index contributed by atoms with van der Waals surface area (Å²) in [7, 11) is 0. The van der Waals surface area contributed by atoms with Gasteiger partial charge in [0.1, 0.15) is 25.4 Å². The van der Waals surface area contributed by atoms with Gasteiger partial charge in [0.25, 0.3) is 5.79 Å². The van der Waals surface area contributed by atoms with Crippen LogP contribution < -0.4 is 16.2 Å². The van der Waals surface area contributed by atoms with Gasteiger partial charge in [-0.3, -0.25) is 14.4 Å². The minimum atomic E-state index is -2.52. The van der Waals surface area contributed by atoms with Gasteiger partial charge in [-0.25, -0.2) is 4.79 Å². The second kappa shape index (κ2) is 18.2. The number of carbonyl (C=O) groups is 3. The predicted octanol–water partition coefficient (Wildman–Crippen LogP) is -2.49. The lowest BCUT2D eigenvalue weighted by Crippen LogP contribution is -2.68. The fraction of sp³-hybridized carbons (Fsp3) is 0.484. The van der Waals surface area contributed by atoms with Crippen molar-refractivity contribution in [2.24, 2.45) is 0 Å². The fourth-order valence-electron chi connectivity index (χ4n) is 4.81. The molecule has 256 valence electrons. The summed E-state index contributed by atoms with van der Waals surface area (Å²) in [4.78, 5) is 51.0. The molecule has 47 heavy (non-hydrogen) atoms. The SMILES string of the molecule is C#CCOCCOCCO[C@]1(C(=O)O)C[C@H](O)[C@@H](NC(=O)CO)[C@H]([C@H](O)[C@H](O)CNC(=O)Cc2ccc(-c3cc[nH]c(=O)c3)cc2)O1. The van der Waals surface area contributed by atoms with E-state index in [0.717, 1.165) is 5.56 Å². The van der Waals surface area contributed by atoms with E-state index in [4.69, 9.17) is 25.4 Å². The van der Waals surface area contributed by atoms with Gasteiger partial charge in [0.05, 0.1) is 51.1 Å². The average Bonchev–Trinajstić information content (AvgIpc) is 3.05. The molecular formula is C31H39N3O13. The number of rotatable bonds is 18. The predicted molar refractivity (Wildman–Crippen MR) is 163 cm³/mol. The Morgan fingerprint density at radius 3 is 2.43 bits per heavy atom. The van der Waals surface area contributed by atoms with Crippen LogP contribution in [0.5, 0.6) is 0 Å². The molecule has 1 saturated heterocycles. The summed E-state index contributed by atoms with van der Waals surface area (Å²) < 4.78 is 21.4. The Bertz CT molecular complexity index is 1430. The largest absolute Gasteiger partial charge is 0.477 e. The highest BCUT2D eigenvalue weighted by atomic mass is 16.7. The smallest absolute Gasteiger partial charge is 0.364 e. The molecule has 16 heteroatoms. The van der Waals surface area contributed by atoms with Gasteiger partial charge in [0.2, 0.25) is 17.4 Å². The van der Waals surface area contributed by atoms with Gasteiger partial charge < -0.3 is 60.1 Å². The average molecular weight is 662 g/mol. The van der Waals surface area contributed by atoms with E-state index >= 15 is 0 Å². The first-order valence-electron chi connectivity index (χ1n) is 14.6. The lowest BCUT2D eigenvalue weighted by Gasteiger charge is -2.46. The number of H-pyrrole nitrogens is 1. The Labute approximate surface area is 269 Å². The van der Waals surface area contributed by atoms with Crippen LogP contribution in [0, 0.1) is 12.3 Å². The van der Waals surface area contributed by atoms with Crippen molar-refractivity contribution in [2.75, 3.05) is 46.2 Å². The number of aromatic nitrogens is 1. The van der Waals surface area contributed by atoms with E-state index < -0.39 is 73.6 Å². The van der Waals surface area contributed by atoms with E-state index in [1.165, 1.54) is 12.3 Å². The highest BCUT2D eigenvalue weighted by Gasteiger charge is 2.55. The van der Waals surface area contributed by atoms with Crippen molar-refractivity contribution >= 4 is 17.8 Å². The van der Waals surface area contributed by atoms with Crippen LogP contribution in [0.25, 0.3) is 11.1 Å². The van der Waals surface area contributed by atoms with E-state index in [9.17, 15) is 44.7 Å². The molecule has 6 atom stereocenters. The summed E-state index contributed by atoms with van der Waals surface area (Å²) in [5.41, 5.74) is 1.81. The van der Waals surface area contributed by atoms with Crippen LogP contribution in [0.1, 0.15) is 12.0 Å². The first-order valence-corrected chi connectivity index (χ1v) is 14.6. The van der Waals surface area contributed by atoms with E-state index in [-0.39, 0.29) is 45.0 Å². The van der Waals surface area contributed by atoms with Gasteiger partial charge in [0.15, 0.2) is 0 Å². The third-order valence-corrected chi connectivity index (χ3v) is 7.16. The van der Waals surface area contributed by atoms with Crippen LogP contribution in [-0.2, 0) is 39.8 Å². The van der Waals surface area contributed by atoms with Crippen LogP contribution in [0.2, 0.25) is 0 Å². The van der Waals surface area contributed by atoms with E-state index in [0.29, 0.717) is 11.1 Å². The van der Waals surface area contributed by atoms with Crippen LogP contribution in [-0.4, -0.2) is 131 Å². The zero-order chi connectivity index (χ0) is 34.4. The molecule has 1 aliphatic heterocycles. The maximum absolute atomic E-state index is 12.6. The molecule has 1 aromatic carbocycles. The number of aliphatic carboxylic acids is 1. The number of terminal acetylenes is 1. The van der Waals surface area contributed by atoms with Crippen molar-refractivity contribution in [3.8, 4) is 23.5 Å². The van der Waals surface area contributed by atoms with Gasteiger partial charge in [-0.05, 0) is 22.8 Å². The third kappa shape index (κ3) is 10.9. The Morgan fingerprint density at radius 2 is 1.77 bits per heavy atom. The van der Waals surface area contributed by atoms with Crippen LogP contribution in [0.3, 0.4) is 0 Å². The first kappa shape index (κ1) is 37.3. The quantitative estimate of drug-likeness (QED) is 0.0610. The number of aliphatic hydroxyl groups excluding tert-OH is 4. The van der Waals surface area contributed by atoms with Crippen LogP contribution >= 0.6 is 0 Å². The highest BCUT2D eigenvalue weighted by molar-refractivity contribution is 5.79. The summed E-state index contributed by atoms with van der Waals surface area (Å²) >= 11 is 0. The molecule has 8 N–H and O–H groups in total. The summed E-state index contributed by atoms with van der Waals surface area (Å²) in [5.74, 6) is -3.38. The van der Waals surface area contributed by atoms with E-state index in [2.05, 4.69) is 21.5 Å². The number of ether oxygens (including phenoxy) is 4. The molecule has 1 aromatic heterocycles. The number of carboxylic acids is 1. The number of benzene rings is 1. The minimum Gasteiger partial charge on any atom is -0.477 e. The number of carbonyl (C=O) groups excluding carboxylic acids is 2. The Kier molecular flexibility index (Phi) is 14.5. The zero-order valence-corrected chi connectivity index (χ0v) is 25.4. The van der Waals surface area contributed by atoms with Crippen LogP contribution in [0.15, 0.2) is 47.4 Å². The number of nitrogens with one attached hydrogen (secondary N) is 3. The van der Waals surface area contributed by atoms with Gasteiger partial charge >= 0.3 is 5.97 Å². The summed E-state index contributed by atoms with van der Waals surface area (Å²) in [6.07, 6.45) is -1.36. The molecule has 0 radical (unpaired) electrons. The van der Waals surface area contributed by atoms with Crippen molar-refractivity contribution in [1.29, 1.82) is 0 Å². The van der Waals surface area contributed by atoms with E-state index in [1.54, 1.807) is 30.3 Å². The molecule has 1 fully saturated rings. The van der Waals surface area contributed by atoms with Crippen molar-refractivity contribution in [1.82, 2.24) is 15.6 Å². The topological polar surface area (TPSA) is 246 Å². The van der Waals surface area contributed by atoms with Crippen molar-refractivity contribution in [2.45, 2.75) is 49.1 Å². The molecule has 0 unspecified atom stereocenters. The van der Waals surface area contributed by atoms with Gasteiger partial charge in [-0.2, -0.15) is 0 Å².